The normalized spacial score (nSPS) is 16.3. The lowest BCUT2D eigenvalue weighted by atomic mass is 9.92. The predicted octanol–water partition coefficient (Wildman–Crippen LogP) is 4.21. The van der Waals surface area contributed by atoms with Crippen LogP contribution < -0.4 is 9.64 Å². The summed E-state index contributed by atoms with van der Waals surface area (Å²) in [7, 11) is 3.20. The summed E-state index contributed by atoms with van der Waals surface area (Å²) < 4.78 is 11.3. The van der Waals surface area contributed by atoms with E-state index in [4.69, 9.17) is 21.1 Å². The zero-order chi connectivity index (χ0) is 24.9. The van der Waals surface area contributed by atoms with Crippen molar-refractivity contribution < 1.29 is 24.5 Å². The van der Waals surface area contributed by atoms with E-state index >= 15 is 0 Å². The molecule has 0 spiro atoms. The lowest BCUT2D eigenvalue weighted by molar-refractivity contribution is -0.000676. The first-order valence-corrected chi connectivity index (χ1v) is 11.8. The van der Waals surface area contributed by atoms with Gasteiger partial charge < -0.3 is 24.6 Å². The average molecular weight is 497 g/mol. The van der Waals surface area contributed by atoms with E-state index in [1.165, 1.54) is 12.0 Å². The molecule has 0 saturated heterocycles. The Labute approximate surface area is 210 Å². The lowest BCUT2D eigenvalue weighted by Gasteiger charge is -2.41. The van der Waals surface area contributed by atoms with Crippen molar-refractivity contribution in [3.05, 3.63) is 94.0 Å². The summed E-state index contributed by atoms with van der Waals surface area (Å²) in [6.45, 7) is 1.20. The van der Waals surface area contributed by atoms with E-state index in [0.717, 1.165) is 5.56 Å². The van der Waals surface area contributed by atoms with Gasteiger partial charge in [-0.3, -0.25) is 9.69 Å². The fraction of sp³-hybridized carbons (Fsp3) is 0.296. The molecule has 1 aliphatic rings. The Hall–Kier alpha value is -3.10. The van der Waals surface area contributed by atoms with E-state index in [1.807, 2.05) is 30.3 Å². The second-order valence-electron chi connectivity index (χ2n) is 8.38. The van der Waals surface area contributed by atoms with Crippen LogP contribution in [0.25, 0.3) is 0 Å². The van der Waals surface area contributed by atoms with E-state index in [2.05, 4.69) is 0 Å². The molecule has 1 aliphatic heterocycles. The maximum Gasteiger partial charge on any atom is 0.259 e. The Morgan fingerprint density at radius 1 is 1.06 bits per heavy atom. The Kier molecular flexibility index (Phi) is 7.93. The highest BCUT2D eigenvalue weighted by atomic mass is 35.5. The van der Waals surface area contributed by atoms with Gasteiger partial charge in [0.05, 0.1) is 25.0 Å². The third-order valence-corrected chi connectivity index (χ3v) is 6.39. The first-order valence-electron chi connectivity index (χ1n) is 11.4. The molecule has 2 N–H and O–H groups in total. The molecule has 0 saturated carbocycles. The van der Waals surface area contributed by atoms with Gasteiger partial charge in [0, 0.05) is 30.8 Å². The van der Waals surface area contributed by atoms with Crippen molar-refractivity contribution in [3.63, 3.8) is 0 Å². The number of hydrogen-bond donors (Lipinski definition) is 2. The fourth-order valence-corrected chi connectivity index (χ4v) is 4.39. The summed E-state index contributed by atoms with van der Waals surface area (Å²) in [6.07, 6.45) is -1.73. The molecule has 1 amide bonds. The SMILES string of the molecule is COc1ccc2c(c1C(O)c1ccc(Cl)cc1)C(=O)N(CCCOCc1ccccc1)C(O)N2C. The number of benzene rings is 3. The maximum absolute atomic E-state index is 13.6. The van der Waals surface area contributed by atoms with Crippen LogP contribution in [-0.2, 0) is 11.3 Å². The number of nitrogens with zero attached hydrogens (tertiary/aromatic N) is 2. The highest BCUT2D eigenvalue weighted by Gasteiger charge is 2.38. The number of rotatable bonds is 9. The van der Waals surface area contributed by atoms with Gasteiger partial charge >= 0.3 is 0 Å². The van der Waals surface area contributed by atoms with Gasteiger partial charge in [0.15, 0.2) is 0 Å². The largest absolute Gasteiger partial charge is 0.496 e. The third kappa shape index (κ3) is 5.28. The number of methoxy groups -OCH3 is 1. The molecule has 0 radical (unpaired) electrons. The van der Waals surface area contributed by atoms with E-state index in [1.54, 1.807) is 48.3 Å². The van der Waals surface area contributed by atoms with Crippen LogP contribution >= 0.6 is 11.6 Å². The molecule has 1 heterocycles. The van der Waals surface area contributed by atoms with E-state index in [0.29, 0.717) is 52.8 Å². The minimum absolute atomic E-state index is 0.284. The van der Waals surface area contributed by atoms with Gasteiger partial charge in [-0.2, -0.15) is 0 Å². The van der Waals surface area contributed by atoms with Gasteiger partial charge in [-0.05, 0) is 41.8 Å². The summed E-state index contributed by atoms with van der Waals surface area (Å²) in [5.41, 5.74) is 2.81. The van der Waals surface area contributed by atoms with Crippen molar-refractivity contribution >= 4 is 23.2 Å². The Morgan fingerprint density at radius 3 is 2.46 bits per heavy atom. The number of fused-ring (bicyclic) bond motifs is 1. The molecule has 184 valence electrons. The number of aliphatic hydroxyl groups is 2. The number of hydrogen-bond acceptors (Lipinski definition) is 6. The number of amides is 1. The minimum atomic E-state index is -1.14. The van der Waals surface area contributed by atoms with Crippen molar-refractivity contribution in [1.82, 2.24) is 4.90 Å². The van der Waals surface area contributed by atoms with Crippen LogP contribution in [0, 0.1) is 0 Å². The van der Waals surface area contributed by atoms with E-state index in [9.17, 15) is 15.0 Å². The number of carbonyl (C=O) groups is 1. The quantitative estimate of drug-likeness (QED) is 0.432. The Balaban J connectivity index is 1.56. The van der Waals surface area contributed by atoms with E-state index in [-0.39, 0.29) is 12.5 Å². The van der Waals surface area contributed by atoms with Crippen molar-refractivity contribution in [2.24, 2.45) is 0 Å². The first kappa shape index (κ1) is 25.0. The van der Waals surface area contributed by atoms with Gasteiger partial charge in [-0.15, -0.1) is 0 Å². The monoisotopic (exact) mass is 496 g/mol. The summed E-state index contributed by atoms with van der Waals surface area (Å²) in [6, 6.07) is 20.0. The Bertz CT molecular complexity index is 1160. The average Bonchev–Trinajstić information content (AvgIpc) is 2.88. The number of carbonyl (C=O) groups excluding carboxylic acids is 1. The van der Waals surface area contributed by atoms with Crippen molar-refractivity contribution in [3.8, 4) is 5.75 Å². The molecule has 7 nitrogen and oxygen atoms in total. The third-order valence-electron chi connectivity index (χ3n) is 6.14. The van der Waals surface area contributed by atoms with Gasteiger partial charge in [-0.25, -0.2) is 0 Å². The molecule has 0 fully saturated rings. The van der Waals surface area contributed by atoms with Gasteiger partial charge in [0.2, 0.25) is 6.35 Å². The molecule has 3 aromatic carbocycles. The van der Waals surface area contributed by atoms with Crippen LogP contribution in [0.4, 0.5) is 5.69 Å². The molecule has 0 bridgehead atoms. The molecule has 0 aliphatic carbocycles. The zero-order valence-corrected chi connectivity index (χ0v) is 20.5. The molecule has 0 aromatic heterocycles. The van der Waals surface area contributed by atoms with Crippen LogP contribution in [0.5, 0.6) is 5.75 Å². The van der Waals surface area contributed by atoms with Gasteiger partial charge in [0.1, 0.15) is 11.9 Å². The predicted molar refractivity (Wildman–Crippen MR) is 135 cm³/mol. The number of anilines is 1. The number of ether oxygens (including phenoxy) is 2. The highest BCUT2D eigenvalue weighted by molar-refractivity contribution is 6.30. The number of aliphatic hydroxyl groups excluding tert-OH is 2. The summed E-state index contributed by atoms with van der Waals surface area (Å²) in [5.74, 6) is 0.00561. The summed E-state index contributed by atoms with van der Waals surface area (Å²) in [4.78, 5) is 16.6. The lowest BCUT2D eigenvalue weighted by Crippen LogP contribution is -2.54. The minimum Gasteiger partial charge on any atom is -0.496 e. The molecule has 2 atom stereocenters. The molecular formula is C27H29ClN2O5. The van der Waals surface area contributed by atoms with Crippen LogP contribution in [0.1, 0.15) is 39.6 Å². The summed E-state index contributed by atoms with van der Waals surface area (Å²) in [5, 5.41) is 22.7. The standard InChI is InChI=1S/C27H29ClN2O5/c1-29-21-13-14-22(34-2)24(25(31)19-9-11-20(28)12-10-19)23(21)26(32)30(27(29)33)15-6-16-35-17-18-7-4-3-5-8-18/h3-5,7-14,25,27,31,33H,6,15-17H2,1-2H3. The maximum atomic E-state index is 13.6. The zero-order valence-electron chi connectivity index (χ0n) is 19.7. The van der Waals surface area contributed by atoms with Crippen LogP contribution in [0.3, 0.4) is 0 Å². The first-order chi connectivity index (χ1) is 16.9. The Morgan fingerprint density at radius 2 is 1.77 bits per heavy atom. The molecular weight excluding hydrogens is 468 g/mol. The topological polar surface area (TPSA) is 82.5 Å². The second-order valence-corrected chi connectivity index (χ2v) is 8.81. The van der Waals surface area contributed by atoms with Crippen molar-refractivity contribution in [2.75, 3.05) is 32.2 Å². The molecule has 35 heavy (non-hydrogen) atoms. The van der Waals surface area contributed by atoms with Gasteiger partial charge in [-0.1, -0.05) is 54.1 Å². The van der Waals surface area contributed by atoms with Crippen molar-refractivity contribution in [2.45, 2.75) is 25.5 Å². The molecule has 2 unspecified atom stereocenters. The molecule has 8 heteroatoms. The molecule has 3 aromatic rings. The van der Waals surface area contributed by atoms with Gasteiger partial charge in [0.25, 0.3) is 5.91 Å². The van der Waals surface area contributed by atoms with Crippen LogP contribution in [0.15, 0.2) is 66.7 Å². The van der Waals surface area contributed by atoms with Crippen LogP contribution in [-0.4, -0.2) is 54.7 Å². The van der Waals surface area contributed by atoms with Crippen molar-refractivity contribution in [1.29, 1.82) is 0 Å². The second kappa shape index (κ2) is 11.1. The summed E-state index contributed by atoms with van der Waals surface area (Å²) >= 11 is 6.01. The van der Waals surface area contributed by atoms with E-state index < -0.39 is 12.5 Å². The molecule has 4 rings (SSSR count). The fourth-order valence-electron chi connectivity index (χ4n) is 4.27. The number of halogens is 1. The van der Waals surface area contributed by atoms with Crippen LogP contribution in [0.2, 0.25) is 5.02 Å². The smallest absolute Gasteiger partial charge is 0.259 e. The highest BCUT2D eigenvalue weighted by Crippen LogP contribution is 2.41.